The third kappa shape index (κ3) is 4.91. The Hall–Kier alpha value is -2.24. The minimum Gasteiger partial charge on any atom is -0.481 e. The van der Waals surface area contributed by atoms with Gasteiger partial charge in [-0.2, -0.15) is 0 Å². The van der Waals surface area contributed by atoms with Crippen LogP contribution in [0.25, 0.3) is 0 Å². The molecule has 2 aliphatic heterocycles. The zero-order valence-electron chi connectivity index (χ0n) is 32.1. The molecule has 0 aromatic heterocycles. The molecule has 11 nitrogen and oxygen atoms in total. The van der Waals surface area contributed by atoms with Crippen molar-refractivity contribution in [2.75, 3.05) is 6.61 Å². The normalized spacial score (nSPS) is 48.0. The lowest BCUT2D eigenvalue weighted by atomic mass is 9.41. The fraction of sp³-hybridized carbons (Fsp3) is 0.900. The van der Waals surface area contributed by atoms with Crippen molar-refractivity contribution in [2.24, 2.45) is 50.7 Å². The first-order valence-electron chi connectivity index (χ1n) is 19.4. The lowest BCUT2D eigenvalue weighted by Crippen LogP contribution is -2.63. The third-order valence-corrected chi connectivity index (χ3v) is 16.2. The highest BCUT2D eigenvalue weighted by molar-refractivity contribution is 5.72. The average Bonchev–Trinajstić information content (AvgIpc) is 3.48. The Kier molecular flexibility index (Phi) is 8.28. The summed E-state index contributed by atoms with van der Waals surface area (Å²) in [6, 6.07) is 0. The Morgan fingerprint density at radius 3 is 2.08 bits per heavy atom. The smallest absolute Gasteiger partial charge is 0.306 e. The second kappa shape index (κ2) is 11.4. The molecule has 7 rings (SSSR count). The molecule has 2 saturated heterocycles. The summed E-state index contributed by atoms with van der Waals surface area (Å²) < 4.78 is 32.7. The zero-order valence-corrected chi connectivity index (χ0v) is 32.1. The van der Waals surface area contributed by atoms with Crippen LogP contribution in [0, 0.1) is 50.7 Å². The van der Waals surface area contributed by atoms with E-state index in [1.807, 2.05) is 0 Å². The molecule has 51 heavy (non-hydrogen) atoms. The van der Waals surface area contributed by atoms with Gasteiger partial charge in [-0.25, -0.2) is 0 Å². The predicted octanol–water partition coefficient (Wildman–Crippen LogP) is 5.97. The number of carboxylic acids is 1. The van der Waals surface area contributed by atoms with Gasteiger partial charge < -0.3 is 33.9 Å². The highest BCUT2D eigenvalue weighted by Gasteiger charge is 2.88. The van der Waals surface area contributed by atoms with Gasteiger partial charge in [0.2, 0.25) is 0 Å². The van der Waals surface area contributed by atoms with Crippen LogP contribution in [0.5, 0.6) is 0 Å². The van der Waals surface area contributed by atoms with Gasteiger partial charge in [0.1, 0.15) is 23.9 Å². The molecule has 0 amide bonds. The number of carbonyl (C=O) groups is 4. The third-order valence-electron chi connectivity index (χ3n) is 16.2. The molecular formula is C40H60O11. The van der Waals surface area contributed by atoms with Gasteiger partial charge in [-0.05, 0) is 101 Å². The molecule has 7 fully saturated rings. The molecule has 5 saturated carbocycles. The maximum absolute atomic E-state index is 13.1. The van der Waals surface area contributed by atoms with E-state index in [-0.39, 0.29) is 58.9 Å². The van der Waals surface area contributed by atoms with Gasteiger partial charge in [-0.15, -0.1) is 0 Å². The van der Waals surface area contributed by atoms with Crippen molar-refractivity contribution in [1.82, 2.24) is 0 Å². The molecule has 0 aromatic carbocycles. The largest absolute Gasteiger partial charge is 0.481 e. The molecule has 1 unspecified atom stereocenters. The van der Waals surface area contributed by atoms with Crippen LogP contribution in [0.1, 0.15) is 133 Å². The van der Waals surface area contributed by atoms with Crippen LogP contribution in [-0.4, -0.2) is 76.0 Å². The fourth-order valence-electron chi connectivity index (χ4n) is 14.3. The van der Waals surface area contributed by atoms with Crippen LogP contribution >= 0.6 is 0 Å². The van der Waals surface area contributed by atoms with Crippen molar-refractivity contribution in [1.29, 1.82) is 0 Å². The molecule has 7 aliphatic rings. The van der Waals surface area contributed by atoms with Crippen molar-refractivity contribution in [2.45, 2.75) is 168 Å². The molecule has 2 bridgehead atoms. The van der Waals surface area contributed by atoms with Crippen LogP contribution < -0.4 is 0 Å². The Balaban J connectivity index is 1.26. The summed E-state index contributed by atoms with van der Waals surface area (Å²) >= 11 is 0. The number of hydrogen-bond acceptors (Lipinski definition) is 10. The molecule has 5 aliphatic carbocycles. The molecule has 2 heterocycles. The van der Waals surface area contributed by atoms with Crippen molar-refractivity contribution in [3.05, 3.63) is 0 Å². The summed E-state index contributed by atoms with van der Waals surface area (Å²) in [7, 11) is 0. The van der Waals surface area contributed by atoms with E-state index in [0.29, 0.717) is 25.4 Å². The number of esters is 3. The Morgan fingerprint density at radius 1 is 0.824 bits per heavy atom. The lowest BCUT2D eigenvalue weighted by molar-refractivity contribution is -0.316. The Bertz CT molecular complexity index is 1500. The van der Waals surface area contributed by atoms with Gasteiger partial charge in [0.15, 0.2) is 5.79 Å². The topological polar surface area (TPSA) is 155 Å². The molecule has 11 heteroatoms. The molecular weight excluding hydrogens is 656 g/mol. The first-order chi connectivity index (χ1) is 23.5. The highest BCUT2D eigenvalue weighted by Crippen LogP contribution is 2.90. The number of rotatable bonds is 8. The number of aliphatic carboxylic acids is 1. The monoisotopic (exact) mass is 716 g/mol. The van der Waals surface area contributed by atoms with E-state index in [1.54, 1.807) is 20.8 Å². The highest BCUT2D eigenvalue weighted by atomic mass is 16.7. The average molecular weight is 717 g/mol. The van der Waals surface area contributed by atoms with Gasteiger partial charge in [-0.3, -0.25) is 19.2 Å². The summed E-state index contributed by atoms with van der Waals surface area (Å²) in [5, 5.41) is 20.7. The number of carboxylic acid groups (broad SMARTS) is 1. The van der Waals surface area contributed by atoms with E-state index in [2.05, 4.69) is 27.7 Å². The number of ether oxygens (including phenoxy) is 5. The number of carbonyl (C=O) groups excluding carboxylic acids is 3. The molecule has 13 atom stereocenters. The van der Waals surface area contributed by atoms with Crippen LogP contribution in [0.4, 0.5) is 0 Å². The van der Waals surface area contributed by atoms with Gasteiger partial charge in [0, 0.05) is 55.3 Å². The quantitative estimate of drug-likeness (QED) is 0.226. The molecule has 2 N–H and O–H groups in total. The van der Waals surface area contributed by atoms with Crippen LogP contribution in [0.15, 0.2) is 0 Å². The van der Waals surface area contributed by atoms with Crippen LogP contribution in [-0.2, 0) is 42.9 Å². The molecule has 0 radical (unpaired) electrons. The summed E-state index contributed by atoms with van der Waals surface area (Å²) in [6.07, 6.45) is 5.72. The van der Waals surface area contributed by atoms with Crippen LogP contribution in [0.2, 0.25) is 0 Å². The number of fused-ring (bicyclic) bond motifs is 4. The molecule has 3 spiro atoms. The predicted molar refractivity (Wildman–Crippen MR) is 183 cm³/mol. The first-order valence-corrected chi connectivity index (χ1v) is 19.4. The van der Waals surface area contributed by atoms with Crippen molar-refractivity contribution in [3.63, 3.8) is 0 Å². The van der Waals surface area contributed by atoms with E-state index in [9.17, 15) is 29.4 Å². The van der Waals surface area contributed by atoms with Crippen molar-refractivity contribution >= 4 is 23.9 Å². The minimum absolute atomic E-state index is 0.0206. The van der Waals surface area contributed by atoms with E-state index in [0.717, 1.165) is 44.9 Å². The lowest BCUT2D eigenvalue weighted by Gasteiger charge is -2.64. The standard InChI is InChI=1S/C40H60O11/c1-22(18-28(43)44)19-29(45)50-27-12-13-37-20-38(37)15-16-39-21-47-40(34(6,7)46)17-14-35(8,51-40)31(39)30(48-23(2)41)32(49-24(3)42)36(39,9)26(38)11-10-25(37)33(27,4)5/h22,25-27,30-32,46H,10-21H2,1-9H3,(H,43,44)/t22?,25-,26-,27-,30+,31+,32+,35-,36+,37+,38-,39-,40-/m0/s1. The summed E-state index contributed by atoms with van der Waals surface area (Å²) in [4.78, 5) is 50.2. The Labute approximate surface area is 302 Å². The van der Waals surface area contributed by atoms with Gasteiger partial charge in [0.05, 0.1) is 12.2 Å². The summed E-state index contributed by atoms with van der Waals surface area (Å²) in [6.45, 7) is 17.2. The Morgan fingerprint density at radius 2 is 1.45 bits per heavy atom. The van der Waals surface area contributed by atoms with E-state index in [1.165, 1.54) is 13.8 Å². The minimum atomic E-state index is -1.28. The van der Waals surface area contributed by atoms with Crippen molar-refractivity contribution in [3.8, 4) is 0 Å². The summed E-state index contributed by atoms with van der Waals surface area (Å²) in [5.74, 6) is -3.45. The van der Waals surface area contributed by atoms with E-state index < -0.39 is 57.9 Å². The number of aliphatic hydroxyl groups is 1. The molecule has 286 valence electrons. The SMILES string of the molecule is CC(=O)O[C@H]1[C@@H](OC(C)=O)[C@@]2(C)[C@@H]3CC[C@H]4C(C)(C)[C@@H](OC(=O)CC(C)CC(=O)O)CC[C@@]45C[C@@]35CC[C@@]23CO[C@@]2(C(C)(C)O)CC[C@](C)(O2)[C@@H]13. The second-order valence-corrected chi connectivity index (χ2v) is 19.5. The maximum Gasteiger partial charge on any atom is 0.306 e. The van der Waals surface area contributed by atoms with E-state index in [4.69, 9.17) is 23.7 Å². The van der Waals surface area contributed by atoms with Gasteiger partial charge in [-0.1, -0.05) is 27.7 Å². The number of hydrogen-bond donors (Lipinski definition) is 2. The zero-order chi connectivity index (χ0) is 37.4. The fourth-order valence-corrected chi connectivity index (χ4v) is 14.3. The van der Waals surface area contributed by atoms with Gasteiger partial charge in [0.25, 0.3) is 0 Å². The van der Waals surface area contributed by atoms with Crippen molar-refractivity contribution < 1.29 is 53.1 Å². The maximum atomic E-state index is 13.1. The van der Waals surface area contributed by atoms with Gasteiger partial charge >= 0.3 is 23.9 Å². The molecule has 0 aromatic rings. The van der Waals surface area contributed by atoms with Crippen LogP contribution in [0.3, 0.4) is 0 Å². The van der Waals surface area contributed by atoms with E-state index >= 15 is 0 Å². The first kappa shape index (κ1) is 37.1. The summed E-state index contributed by atoms with van der Waals surface area (Å²) in [5.41, 5.74) is -3.53. The second-order valence-electron chi connectivity index (χ2n) is 19.5.